The van der Waals surface area contributed by atoms with Crippen LogP contribution < -0.4 is 14.8 Å². The maximum Gasteiger partial charge on any atom is 0.240 e. The highest BCUT2D eigenvalue weighted by Gasteiger charge is 2.29. The largest absolute Gasteiger partial charge is 0.481 e. The summed E-state index contributed by atoms with van der Waals surface area (Å²) in [4.78, 5) is 25.9. The van der Waals surface area contributed by atoms with Crippen LogP contribution in [-0.4, -0.2) is 55.4 Å². The number of carbonyl (C=O) groups excluding carboxylic acids is 1. The number of anilines is 1. The number of pyridine rings is 1. The third kappa shape index (κ3) is 7.46. The standard InChI is InChI=1S/C33H39N5O4S2/c1-42-30-18-17-29-32(35-30)43-33(34-29)36-31(39)28(20-23-8-5-6-9-23)25-13-15-27(16-14-25)44(40,41)37-26-12-7-19-38(22-26)21-24-10-3-2-4-11-24/h2-4,10-11,13-18,23,26,28,37H,5-9,12,19-22H2,1H3,(H,34,36,39)/t26-,28?/m0/s1. The van der Waals surface area contributed by atoms with Crippen LogP contribution >= 0.6 is 11.3 Å². The zero-order valence-corrected chi connectivity index (χ0v) is 26.6. The molecule has 0 radical (unpaired) electrons. The molecule has 9 nitrogen and oxygen atoms in total. The van der Waals surface area contributed by atoms with Crippen LogP contribution in [0.5, 0.6) is 5.88 Å². The predicted octanol–water partition coefficient (Wildman–Crippen LogP) is 5.95. The number of hydrogen-bond acceptors (Lipinski definition) is 8. The smallest absolute Gasteiger partial charge is 0.240 e. The van der Waals surface area contributed by atoms with E-state index in [0.29, 0.717) is 40.2 Å². The molecule has 1 aliphatic heterocycles. The minimum absolute atomic E-state index is 0.141. The van der Waals surface area contributed by atoms with E-state index in [1.807, 2.05) is 24.3 Å². The molecule has 2 atom stereocenters. The van der Waals surface area contributed by atoms with Crippen molar-refractivity contribution >= 4 is 42.7 Å². The van der Waals surface area contributed by atoms with Crippen molar-refractivity contribution in [2.45, 2.75) is 68.3 Å². The normalized spacial score (nSPS) is 18.8. The van der Waals surface area contributed by atoms with Crippen molar-refractivity contribution in [2.75, 3.05) is 25.5 Å². The minimum Gasteiger partial charge on any atom is -0.481 e. The summed E-state index contributed by atoms with van der Waals surface area (Å²) in [6.45, 7) is 2.43. The van der Waals surface area contributed by atoms with Gasteiger partial charge in [-0.25, -0.2) is 23.1 Å². The molecule has 1 saturated heterocycles. The Morgan fingerprint density at radius 3 is 2.52 bits per heavy atom. The summed E-state index contributed by atoms with van der Waals surface area (Å²) in [5, 5.41) is 3.50. The van der Waals surface area contributed by atoms with Crippen molar-refractivity contribution in [1.82, 2.24) is 19.6 Å². The highest BCUT2D eigenvalue weighted by molar-refractivity contribution is 7.89. The second kappa shape index (κ2) is 13.7. The zero-order chi connectivity index (χ0) is 30.5. The van der Waals surface area contributed by atoms with Gasteiger partial charge in [-0.3, -0.25) is 9.69 Å². The first-order valence-corrected chi connectivity index (χ1v) is 17.7. The van der Waals surface area contributed by atoms with E-state index in [1.54, 1.807) is 37.4 Å². The molecular weight excluding hydrogens is 595 g/mol. The van der Waals surface area contributed by atoms with Gasteiger partial charge >= 0.3 is 0 Å². The average molecular weight is 634 g/mol. The maximum absolute atomic E-state index is 13.7. The Labute approximate surface area is 263 Å². The fourth-order valence-corrected chi connectivity index (χ4v) is 8.53. The first-order chi connectivity index (χ1) is 21.4. The molecule has 6 rings (SSSR count). The first kappa shape index (κ1) is 30.6. The molecule has 2 N–H and O–H groups in total. The fraction of sp³-hybridized carbons (Fsp3) is 0.424. The number of sulfonamides is 1. The van der Waals surface area contributed by atoms with Gasteiger partial charge in [0.05, 0.1) is 17.9 Å². The summed E-state index contributed by atoms with van der Waals surface area (Å²) >= 11 is 1.31. The van der Waals surface area contributed by atoms with Gasteiger partial charge in [0.25, 0.3) is 0 Å². The number of carbonyl (C=O) groups is 1. The molecule has 2 aliphatic rings. The number of rotatable bonds is 11. The molecule has 2 fully saturated rings. The Bertz CT molecular complexity index is 1670. The van der Waals surface area contributed by atoms with Crippen LogP contribution in [0.4, 0.5) is 5.13 Å². The van der Waals surface area contributed by atoms with E-state index < -0.39 is 15.9 Å². The topological polar surface area (TPSA) is 114 Å². The number of amides is 1. The van der Waals surface area contributed by atoms with Crippen molar-refractivity contribution in [3.63, 3.8) is 0 Å². The molecule has 2 aromatic heterocycles. The summed E-state index contributed by atoms with van der Waals surface area (Å²) in [6, 6.07) is 20.5. The molecule has 1 unspecified atom stereocenters. The number of nitrogens with zero attached hydrogens (tertiary/aromatic N) is 3. The van der Waals surface area contributed by atoms with Gasteiger partial charge in [-0.05, 0) is 61.1 Å². The second-order valence-electron chi connectivity index (χ2n) is 11.9. The lowest BCUT2D eigenvalue weighted by Gasteiger charge is -2.33. The van der Waals surface area contributed by atoms with Crippen LogP contribution in [0.3, 0.4) is 0 Å². The lowest BCUT2D eigenvalue weighted by Crippen LogP contribution is -2.47. The van der Waals surface area contributed by atoms with Crippen molar-refractivity contribution in [3.05, 3.63) is 77.9 Å². The minimum atomic E-state index is -3.71. The quantitative estimate of drug-likeness (QED) is 0.210. The molecule has 2 aromatic carbocycles. The molecule has 11 heteroatoms. The van der Waals surface area contributed by atoms with Crippen LogP contribution in [0.2, 0.25) is 0 Å². The highest BCUT2D eigenvalue weighted by atomic mass is 32.2. The predicted molar refractivity (Wildman–Crippen MR) is 173 cm³/mol. The molecule has 44 heavy (non-hydrogen) atoms. The van der Waals surface area contributed by atoms with Crippen molar-refractivity contribution in [2.24, 2.45) is 5.92 Å². The van der Waals surface area contributed by atoms with E-state index in [9.17, 15) is 13.2 Å². The molecule has 4 aromatic rings. The number of ether oxygens (including phenoxy) is 1. The molecule has 3 heterocycles. The number of thiazole rings is 1. The van der Waals surface area contributed by atoms with E-state index in [0.717, 1.165) is 44.3 Å². The molecule has 1 aliphatic carbocycles. The summed E-state index contributed by atoms with van der Waals surface area (Å²) in [5.74, 6) is 0.400. The fourth-order valence-electron chi connectivity index (χ4n) is 6.44. The third-order valence-electron chi connectivity index (χ3n) is 8.70. The van der Waals surface area contributed by atoms with E-state index in [2.05, 4.69) is 37.0 Å². The molecule has 0 bridgehead atoms. The maximum atomic E-state index is 13.7. The number of benzene rings is 2. The van der Waals surface area contributed by atoms with Gasteiger partial charge in [-0.1, -0.05) is 79.5 Å². The third-order valence-corrected chi connectivity index (χ3v) is 11.1. The summed E-state index contributed by atoms with van der Waals surface area (Å²) < 4.78 is 35.0. The second-order valence-corrected chi connectivity index (χ2v) is 14.6. The van der Waals surface area contributed by atoms with Gasteiger partial charge in [0, 0.05) is 25.2 Å². The Kier molecular flexibility index (Phi) is 9.56. The lowest BCUT2D eigenvalue weighted by molar-refractivity contribution is -0.118. The summed E-state index contributed by atoms with van der Waals surface area (Å²) in [7, 11) is -2.15. The Balaban J connectivity index is 1.14. The van der Waals surface area contributed by atoms with E-state index in [-0.39, 0.29) is 16.8 Å². The van der Waals surface area contributed by atoms with Crippen LogP contribution in [0.1, 0.15) is 62.0 Å². The molecular formula is C33H39N5O4S2. The van der Waals surface area contributed by atoms with Gasteiger partial charge in [0.15, 0.2) is 5.13 Å². The molecule has 232 valence electrons. The Hall–Kier alpha value is -3.38. The number of hydrogen-bond donors (Lipinski definition) is 2. The van der Waals surface area contributed by atoms with Gasteiger partial charge in [0.1, 0.15) is 10.3 Å². The van der Waals surface area contributed by atoms with Gasteiger partial charge in [-0.2, -0.15) is 0 Å². The van der Waals surface area contributed by atoms with Crippen LogP contribution in [0.15, 0.2) is 71.6 Å². The molecule has 1 amide bonds. The van der Waals surface area contributed by atoms with Crippen LogP contribution in [-0.2, 0) is 21.4 Å². The van der Waals surface area contributed by atoms with Gasteiger partial charge < -0.3 is 10.1 Å². The van der Waals surface area contributed by atoms with Crippen LogP contribution in [0.25, 0.3) is 10.3 Å². The van der Waals surface area contributed by atoms with E-state index >= 15 is 0 Å². The number of aromatic nitrogens is 2. The monoisotopic (exact) mass is 633 g/mol. The SMILES string of the molecule is COc1ccc2nc(NC(=O)C(CC3CCCC3)c3ccc(S(=O)(=O)N[C@H]4CCCN(Cc5ccccc5)C4)cc3)sc2n1. The van der Waals surface area contributed by atoms with Crippen molar-refractivity contribution < 1.29 is 17.9 Å². The Morgan fingerprint density at radius 2 is 1.77 bits per heavy atom. The van der Waals surface area contributed by atoms with E-state index in [4.69, 9.17) is 4.74 Å². The number of nitrogens with one attached hydrogen (secondary N) is 2. The number of likely N-dealkylation sites (tertiary alicyclic amines) is 1. The van der Waals surface area contributed by atoms with Gasteiger partial charge in [-0.15, -0.1) is 0 Å². The molecule has 0 spiro atoms. The van der Waals surface area contributed by atoms with Gasteiger partial charge in [0.2, 0.25) is 21.8 Å². The number of piperidine rings is 1. The van der Waals surface area contributed by atoms with Crippen molar-refractivity contribution in [1.29, 1.82) is 0 Å². The average Bonchev–Trinajstić information content (AvgIpc) is 3.69. The van der Waals surface area contributed by atoms with E-state index in [1.165, 1.54) is 29.7 Å². The highest BCUT2D eigenvalue weighted by Crippen LogP contribution is 2.36. The van der Waals surface area contributed by atoms with Crippen molar-refractivity contribution in [3.8, 4) is 5.88 Å². The summed E-state index contributed by atoms with van der Waals surface area (Å²) in [6.07, 6.45) is 7.03. The molecule has 1 saturated carbocycles. The van der Waals surface area contributed by atoms with Crippen LogP contribution in [0, 0.1) is 5.92 Å². The number of fused-ring (bicyclic) bond motifs is 1. The first-order valence-electron chi connectivity index (χ1n) is 15.4. The zero-order valence-electron chi connectivity index (χ0n) is 24.9. The lowest BCUT2D eigenvalue weighted by atomic mass is 9.87. The number of methoxy groups -OCH3 is 1. The Morgan fingerprint density at radius 1 is 1.00 bits per heavy atom. The summed E-state index contributed by atoms with van der Waals surface area (Å²) in [5.41, 5.74) is 2.73.